The van der Waals surface area contributed by atoms with Crippen LogP contribution in [0.25, 0.3) is 11.3 Å². The van der Waals surface area contributed by atoms with Gasteiger partial charge in [0.15, 0.2) is 0 Å². The number of aromatic nitrogens is 1. The number of hydrogen-bond acceptors (Lipinski definition) is 1. The molecular formula is C13H9ClF3NO. The minimum Gasteiger partial charge on any atom is -0.311 e. The van der Waals surface area contributed by atoms with Gasteiger partial charge < -0.3 is 4.57 Å². The molecule has 0 N–H and O–H groups in total. The van der Waals surface area contributed by atoms with Gasteiger partial charge in [0.05, 0.1) is 11.3 Å². The number of halogens is 4. The van der Waals surface area contributed by atoms with Gasteiger partial charge in [-0.1, -0.05) is 23.7 Å². The van der Waals surface area contributed by atoms with Crippen LogP contribution >= 0.6 is 11.6 Å². The molecule has 1 heterocycles. The van der Waals surface area contributed by atoms with Gasteiger partial charge in [-0.15, -0.1) is 0 Å². The van der Waals surface area contributed by atoms with E-state index in [4.69, 9.17) is 11.6 Å². The van der Waals surface area contributed by atoms with E-state index in [-0.39, 0.29) is 5.69 Å². The summed E-state index contributed by atoms with van der Waals surface area (Å²) in [5, 5.41) is 0.473. The molecular weight excluding hydrogens is 279 g/mol. The summed E-state index contributed by atoms with van der Waals surface area (Å²) in [6, 6.07) is 7.78. The van der Waals surface area contributed by atoms with Gasteiger partial charge in [-0.05, 0) is 23.8 Å². The van der Waals surface area contributed by atoms with Crippen molar-refractivity contribution in [2.24, 2.45) is 7.05 Å². The standard InChI is InChI=1S/C13H9ClF3NO/c1-18-11(8-2-4-10(14)5-3-8)6-9(7-12(18)19)13(15,16)17/h2-7H,1H3. The normalized spacial score (nSPS) is 11.6. The van der Waals surface area contributed by atoms with Crippen LogP contribution in [-0.4, -0.2) is 4.57 Å². The second-order valence-electron chi connectivity index (χ2n) is 4.03. The van der Waals surface area contributed by atoms with Crippen molar-refractivity contribution < 1.29 is 13.2 Å². The molecule has 1 aromatic carbocycles. The van der Waals surface area contributed by atoms with Crippen molar-refractivity contribution in [2.45, 2.75) is 6.18 Å². The maximum Gasteiger partial charge on any atom is 0.416 e. The van der Waals surface area contributed by atoms with E-state index < -0.39 is 17.3 Å². The molecule has 2 rings (SSSR count). The smallest absolute Gasteiger partial charge is 0.311 e. The van der Waals surface area contributed by atoms with Crippen molar-refractivity contribution in [3.8, 4) is 11.3 Å². The molecule has 0 aliphatic rings. The van der Waals surface area contributed by atoms with Gasteiger partial charge in [-0.2, -0.15) is 13.2 Å². The van der Waals surface area contributed by atoms with E-state index in [1.54, 1.807) is 24.3 Å². The van der Waals surface area contributed by atoms with Crippen LogP contribution in [0.15, 0.2) is 41.2 Å². The molecule has 0 fully saturated rings. The van der Waals surface area contributed by atoms with Gasteiger partial charge in [0, 0.05) is 18.1 Å². The lowest BCUT2D eigenvalue weighted by molar-refractivity contribution is -0.137. The van der Waals surface area contributed by atoms with Crippen LogP contribution in [-0.2, 0) is 13.2 Å². The van der Waals surface area contributed by atoms with Crippen molar-refractivity contribution in [1.82, 2.24) is 4.57 Å². The first-order valence-corrected chi connectivity index (χ1v) is 5.71. The average Bonchev–Trinajstić information content (AvgIpc) is 2.32. The number of rotatable bonds is 1. The predicted octanol–water partition coefficient (Wildman–Crippen LogP) is 3.72. The summed E-state index contributed by atoms with van der Waals surface area (Å²) in [5.74, 6) is 0. The summed E-state index contributed by atoms with van der Waals surface area (Å²) in [6.07, 6.45) is -4.55. The van der Waals surface area contributed by atoms with Gasteiger partial charge in [0.2, 0.25) is 0 Å². The highest BCUT2D eigenvalue weighted by atomic mass is 35.5. The fraction of sp³-hybridized carbons (Fsp3) is 0.154. The molecule has 0 radical (unpaired) electrons. The van der Waals surface area contributed by atoms with Crippen LogP contribution in [0.4, 0.5) is 13.2 Å². The highest BCUT2D eigenvalue weighted by Gasteiger charge is 2.31. The first-order chi connectivity index (χ1) is 8.79. The molecule has 0 atom stereocenters. The van der Waals surface area contributed by atoms with E-state index in [9.17, 15) is 18.0 Å². The molecule has 1 aromatic heterocycles. The summed E-state index contributed by atoms with van der Waals surface area (Å²) >= 11 is 5.73. The molecule has 0 saturated heterocycles. The van der Waals surface area contributed by atoms with Gasteiger partial charge in [0.25, 0.3) is 5.56 Å². The number of alkyl halides is 3. The number of benzene rings is 1. The summed E-state index contributed by atoms with van der Waals surface area (Å²) in [4.78, 5) is 11.6. The van der Waals surface area contributed by atoms with E-state index in [0.717, 1.165) is 6.07 Å². The average molecular weight is 288 g/mol. The molecule has 0 aliphatic heterocycles. The van der Waals surface area contributed by atoms with E-state index in [0.29, 0.717) is 16.7 Å². The molecule has 6 heteroatoms. The van der Waals surface area contributed by atoms with Crippen LogP contribution in [0.2, 0.25) is 5.02 Å². The lowest BCUT2D eigenvalue weighted by Crippen LogP contribution is -2.21. The molecule has 0 bridgehead atoms. The summed E-state index contributed by atoms with van der Waals surface area (Å²) in [6.45, 7) is 0. The molecule has 19 heavy (non-hydrogen) atoms. The van der Waals surface area contributed by atoms with Crippen LogP contribution in [0, 0.1) is 0 Å². The third kappa shape index (κ3) is 2.81. The number of pyridine rings is 1. The van der Waals surface area contributed by atoms with Crippen molar-refractivity contribution in [2.75, 3.05) is 0 Å². The quantitative estimate of drug-likeness (QED) is 0.783. The van der Waals surface area contributed by atoms with Crippen molar-refractivity contribution in [3.05, 3.63) is 57.3 Å². The van der Waals surface area contributed by atoms with Crippen molar-refractivity contribution >= 4 is 11.6 Å². The molecule has 2 aromatic rings. The Morgan fingerprint density at radius 3 is 2.21 bits per heavy atom. The SMILES string of the molecule is Cn1c(-c2ccc(Cl)cc2)cc(C(F)(F)F)cc1=O. The zero-order valence-electron chi connectivity index (χ0n) is 9.83. The first-order valence-electron chi connectivity index (χ1n) is 5.33. The van der Waals surface area contributed by atoms with Crippen LogP contribution in [0.5, 0.6) is 0 Å². The zero-order chi connectivity index (χ0) is 14.2. The van der Waals surface area contributed by atoms with E-state index in [2.05, 4.69) is 0 Å². The Morgan fingerprint density at radius 1 is 1.11 bits per heavy atom. The Hall–Kier alpha value is -1.75. The minimum atomic E-state index is -4.55. The second kappa shape index (κ2) is 4.74. The molecule has 0 unspecified atom stereocenters. The molecule has 0 saturated carbocycles. The Bertz CT molecular complexity index is 659. The maximum atomic E-state index is 12.7. The van der Waals surface area contributed by atoms with E-state index >= 15 is 0 Å². The first kappa shape index (κ1) is 13.7. The molecule has 100 valence electrons. The van der Waals surface area contributed by atoms with Crippen LogP contribution < -0.4 is 5.56 Å². The third-order valence-electron chi connectivity index (χ3n) is 2.73. The maximum absolute atomic E-state index is 12.7. The lowest BCUT2D eigenvalue weighted by atomic mass is 10.1. The monoisotopic (exact) mass is 287 g/mol. The van der Waals surface area contributed by atoms with Crippen LogP contribution in [0.1, 0.15) is 5.56 Å². The summed E-state index contributed by atoms with van der Waals surface area (Å²) in [5.41, 5.74) is -0.980. The third-order valence-corrected chi connectivity index (χ3v) is 2.98. The highest BCUT2D eigenvalue weighted by molar-refractivity contribution is 6.30. The van der Waals surface area contributed by atoms with Crippen LogP contribution in [0.3, 0.4) is 0 Å². The fourth-order valence-electron chi connectivity index (χ4n) is 1.70. The second-order valence-corrected chi connectivity index (χ2v) is 4.47. The van der Waals surface area contributed by atoms with Gasteiger partial charge in [-0.3, -0.25) is 4.79 Å². The van der Waals surface area contributed by atoms with Gasteiger partial charge in [0.1, 0.15) is 0 Å². The zero-order valence-corrected chi connectivity index (χ0v) is 10.6. The molecule has 2 nitrogen and oxygen atoms in total. The Morgan fingerprint density at radius 2 is 1.68 bits per heavy atom. The Balaban J connectivity index is 2.66. The molecule has 0 amide bonds. The van der Waals surface area contributed by atoms with Gasteiger partial charge in [-0.25, -0.2) is 0 Å². The summed E-state index contributed by atoms with van der Waals surface area (Å²) in [7, 11) is 1.42. The lowest BCUT2D eigenvalue weighted by Gasteiger charge is -2.12. The molecule has 0 spiro atoms. The Kier molecular flexibility index (Phi) is 3.41. The topological polar surface area (TPSA) is 22.0 Å². The highest BCUT2D eigenvalue weighted by Crippen LogP contribution is 2.31. The van der Waals surface area contributed by atoms with E-state index in [1.165, 1.54) is 11.6 Å². The number of nitrogens with zero attached hydrogens (tertiary/aromatic N) is 1. The Labute approximate surface area is 112 Å². The molecule has 0 aliphatic carbocycles. The predicted molar refractivity (Wildman–Crippen MR) is 67.1 cm³/mol. The largest absolute Gasteiger partial charge is 0.416 e. The van der Waals surface area contributed by atoms with Gasteiger partial charge >= 0.3 is 6.18 Å². The minimum absolute atomic E-state index is 0.191. The van der Waals surface area contributed by atoms with Crippen molar-refractivity contribution in [1.29, 1.82) is 0 Å². The number of hydrogen-bond donors (Lipinski definition) is 0. The van der Waals surface area contributed by atoms with Crippen molar-refractivity contribution in [3.63, 3.8) is 0 Å². The fourth-order valence-corrected chi connectivity index (χ4v) is 1.82. The van der Waals surface area contributed by atoms with E-state index in [1.807, 2.05) is 0 Å². The summed E-state index contributed by atoms with van der Waals surface area (Å²) < 4.78 is 39.2.